The number of rotatable bonds is 2. The molecule has 2 rings (SSSR count). The Labute approximate surface area is 194 Å². The van der Waals surface area contributed by atoms with Crippen molar-refractivity contribution in [2.75, 3.05) is 6.54 Å². The fraction of sp³-hybridized carbons (Fsp3) is 0.625. The first kappa shape index (κ1) is 26.4. The number of aromatic nitrogens is 1. The molecule has 0 saturated heterocycles. The van der Waals surface area contributed by atoms with Gasteiger partial charge in [0.2, 0.25) is 0 Å². The number of nitrogens with zero attached hydrogens (tertiary/aromatic N) is 1. The second kappa shape index (κ2) is 11.3. The number of ether oxygens (including phenoxy) is 1. The van der Waals surface area contributed by atoms with Crippen LogP contribution in [0.5, 0.6) is 0 Å². The maximum absolute atomic E-state index is 13.1. The lowest BCUT2D eigenvalue weighted by Crippen LogP contribution is -2.49. The maximum atomic E-state index is 13.1. The quantitative estimate of drug-likeness (QED) is 0.456. The Kier molecular flexibility index (Phi) is 9.33. The van der Waals surface area contributed by atoms with E-state index in [0.29, 0.717) is 30.7 Å². The van der Waals surface area contributed by atoms with Crippen LogP contribution in [0.25, 0.3) is 5.57 Å². The van der Waals surface area contributed by atoms with Crippen molar-refractivity contribution in [3.8, 4) is 0 Å². The predicted molar refractivity (Wildman–Crippen MR) is 126 cm³/mol. The van der Waals surface area contributed by atoms with E-state index < -0.39 is 35.6 Å². The van der Waals surface area contributed by atoms with E-state index in [1.54, 1.807) is 20.8 Å². The SMILES string of the molecule is C=C(c1csc(C)n1)C1C/C=C/CCN[C@@H](C)[C@@H](O)[C@@H](C)C(=O)C(C)(C)[C@@H](O)CC(=O)O1. The highest BCUT2D eigenvalue weighted by atomic mass is 32.1. The van der Waals surface area contributed by atoms with Crippen molar-refractivity contribution in [2.24, 2.45) is 11.3 Å². The van der Waals surface area contributed by atoms with Crippen LogP contribution >= 0.6 is 11.3 Å². The van der Waals surface area contributed by atoms with Crippen LogP contribution in [-0.4, -0.2) is 57.8 Å². The number of hydrogen-bond acceptors (Lipinski definition) is 8. The predicted octanol–water partition coefficient (Wildman–Crippen LogP) is 3.05. The standard InChI is InChI=1S/C24H36N2O5S/c1-14(18-13-32-17(4)26-18)19-10-8-7-9-11-25-16(3)22(29)15(2)23(30)24(5,6)20(27)12-21(28)31-19/h7-8,13,15-16,19-20,22,25,27,29H,1,9-12H2,2-6H3/b8-7+/t15-,16+,19?,20+,22+/m1/s1. The summed E-state index contributed by atoms with van der Waals surface area (Å²) in [5, 5.41) is 27.4. The molecule has 0 spiro atoms. The van der Waals surface area contributed by atoms with Gasteiger partial charge in [-0.25, -0.2) is 4.98 Å². The molecule has 0 bridgehead atoms. The van der Waals surface area contributed by atoms with Gasteiger partial charge in [-0.1, -0.05) is 39.5 Å². The van der Waals surface area contributed by atoms with Crippen molar-refractivity contribution < 1.29 is 24.5 Å². The van der Waals surface area contributed by atoms with Gasteiger partial charge in [-0.2, -0.15) is 0 Å². The van der Waals surface area contributed by atoms with Gasteiger partial charge >= 0.3 is 5.97 Å². The molecule has 0 fully saturated rings. The fourth-order valence-corrected chi connectivity index (χ4v) is 4.39. The molecule has 1 aromatic heterocycles. The number of hydrogen-bond donors (Lipinski definition) is 3. The van der Waals surface area contributed by atoms with Gasteiger partial charge in [-0.05, 0) is 26.8 Å². The summed E-state index contributed by atoms with van der Waals surface area (Å²) in [4.78, 5) is 30.2. The number of carbonyl (C=O) groups is 2. The summed E-state index contributed by atoms with van der Waals surface area (Å²) in [7, 11) is 0. The van der Waals surface area contributed by atoms with Crippen molar-refractivity contribution in [2.45, 2.75) is 78.2 Å². The molecule has 1 aliphatic heterocycles. The zero-order valence-corrected chi connectivity index (χ0v) is 20.4. The third-order valence-electron chi connectivity index (χ3n) is 6.17. The van der Waals surface area contributed by atoms with Gasteiger partial charge < -0.3 is 20.3 Å². The number of cyclic esters (lactones) is 1. The number of aryl methyl sites for hydroxylation is 1. The molecule has 32 heavy (non-hydrogen) atoms. The molecule has 3 N–H and O–H groups in total. The van der Waals surface area contributed by atoms with E-state index >= 15 is 0 Å². The highest BCUT2D eigenvalue weighted by Crippen LogP contribution is 2.31. The van der Waals surface area contributed by atoms with Crippen LogP contribution < -0.4 is 5.32 Å². The summed E-state index contributed by atoms with van der Waals surface area (Å²) in [5.41, 5.74) is 0.0542. The van der Waals surface area contributed by atoms with E-state index in [-0.39, 0.29) is 18.2 Å². The topological polar surface area (TPSA) is 109 Å². The Bertz CT molecular complexity index is 847. The number of aliphatic hydroxyl groups excluding tert-OH is 2. The molecule has 0 amide bonds. The number of thiazole rings is 1. The summed E-state index contributed by atoms with van der Waals surface area (Å²) in [6, 6.07) is -0.298. The Balaban J connectivity index is 2.27. The summed E-state index contributed by atoms with van der Waals surface area (Å²) in [5.74, 6) is -1.62. The van der Waals surface area contributed by atoms with Crippen molar-refractivity contribution in [3.63, 3.8) is 0 Å². The van der Waals surface area contributed by atoms with E-state index in [0.717, 1.165) is 5.01 Å². The summed E-state index contributed by atoms with van der Waals surface area (Å²) >= 11 is 1.49. The first-order valence-electron chi connectivity index (χ1n) is 11.0. The second-order valence-electron chi connectivity index (χ2n) is 9.08. The second-order valence-corrected chi connectivity index (χ2v) is 10.1. The van der Waals surface area contributed by atoms with Gasteiger partial charge in [-0.3, -0.25) is 9.59 Å². The van der Waals surface area contributed by atoms with E-state index in [2.05, 4.69) is 16.9 Å². The Morgan fingerprint density at radius 3 is 2.59 bits per heavy atom. The zero-order chi connectivity index (χ0) is 24.1. The molecular formula is C24H36N2O5S. The molecule has 1 aliphatic rings. The molecule has 1 aromatic rings. The van der Waals surface area contributed by atoms with Crippen LogP contribution in [0.1, 0.15) is 57.7 Å². The molecule has 5 atom stereocenters. The molecule has 0 aromatic carbocycles. The largest absolute Gasteiger partial charge is 0.457 e. The van der Waals surface area contributed by atoms with E-state index in [4.69, 9.17) is 4.74 Å². The molecular weight excluding hydrogens is 428 g/mol. The van der Waals surface area contributed by atoms with Gasteiger partial charge in [0.25, 0.3) is 0 Å². The summed E-state index contributed by atoms with van der Waals surface area (Å²) in [6.07, 6.45) is 1.94. The minimum Gasteiger partial charge on any atom is -0.457 e. The van der Waals surface area contributed by atoms with E-state index in [1.807, 2.05) is 31.4 Å². The monoisotopic (exact) mass is 464 g/mol. The third-order valence-corrected chi connectivity index (χ3v) is 6.94. The molecule has 1 unspecified atom stereocenters. The normalized spacial score (nSPS) is 31.7. The molecule has 178 valence electrons. The molecule has 2 heterocycles. The highest BCUT2D eigenvalue weighted by Gasteiger charge is 2.42. The van der Waals surface area contributed by atoms with Gasteiger partial charge in [0.15, 0.2) is 0 Å². The molecule has 0 aliphatic carbocycles. The van der Waals surface area contributed by atoms with Crippen LogP contribution in [0.4, 0.5) is 0 Å². The number of ketones is 1. The molecule has 7 nitrogen and oxygen atoms in total. The number of nitrogens with one attached hydrogen (secondary N) is 1. The zero-order valence-electron chi connectivity index (χ0n) is 19.6. The van der Waals surface area contributed by atoms with Gasteiger partial charge in [-0.15, -0.1) is 11.3 Å². The van der Waals surface area contributed by atoms with Crippen molar-refractivity contribution in [1.29, 1.82) is 0 Å². The molecule has 0 saturated carbocycles. The van der Waals surface area contributed by atoms with E-state index in [1.165, 1.54) is 11.3 Å². The smallest absolute Gasteiger partial charge is 0.309 e. The van der Waals surface area contributed by atoms with E-state index in [9.17, 15) is 19.8 Å². The summed E-state index contributed by atoms with van der Waals surface area (Å²) in [6.45, 7) is 13.3. The minimum atomic E-state index is -1.25. The Morgan fingerprint density at radius 1 is 1.28 bits per heavy atom. The van der Waals surface area contributed by atoms with Crippen molar-refractivity contribution >= 4 is 28.7 Å². The Morgan fingerprint density at radius 2 is 1.97 bits per heavy atom. The van der Waals surface area contributed by atoms with Crippen LogP contribution in [0.3, 0.4) is 0 Å². The highest BCUT2D eigenvalue weighted by molar-refractivity contribution is 7.09. The van der Waals surface area contributed by atoms with Crippen LogP contribution in [0, 0.1) is 18.3 Å². The van der Waals surface area contributed by atoms with Gasteiger partial charge in [0.1, 0.15) is 11.9 Å². The first-order valence-corrected chi connectivity index (χ1v) is 11.9. The average Bonchev–Trinajstić information content (AvgIpc) is 3.18. The maximum Gasteiger partial charge on any atom is 0.309 e. The van der Waals surface area contributed by atoms with Crippen molar-refractivity contribution in [3.05, 3.63) is 34.8 Å². The number of esters is 1. The fourth-order valence-electron chi connectivity index (χ4n) is 3.75. The van der Waals surface area contributed by atoms with Crippen molar-refractivity contribution in [1.82, 2.24) is 10.3 Å². The van der Waals surface area contributed by atoms with Crippen LogP contribution in [-0.2, 0) is 14.3 Å². The average molecular weight is 465 g/mol. The lowest BCUT2D eigenvalue weighted by Gasteiger charge is -2.34. The first-order chi connectivity index (χ1) is 14.9. The number of carbonyl (C=O) groups excluding carboxylic acids is 2. The lowest BCUT2D eigenvalue weighted by atomic mass is 9.74. The third kappa shape index (κ3) is 6.57. The Hall–Kier alpha value is -1.87. The van der Waals surface area contributed by atoms with Crippen LogP contribution in [0.15, 0.2) is 24.1 Å². The minimum absolute atomic E-state index is 0.298. The number of aliphatic hydroxyl groups is 2. The summed E-state index contributed by atoms with van der Waals surface area (Å²) < 4.78 is 5.68. The molecule has 8 heteroatoms. The van der Waals surface area contributed by atoms with Gasteiger partial charge in [0, 0.05) is 29.3 Å². The van der Waals surface area contributed by atoms with Crippen LogP contribution in [0.2, 0.25) is 0 Å². The lowest BCUT2D eigenvalue weighted by molar-refractivity contribution is -0.153. The molecule has 0 radical (unpaired) electrons. The van der Waals surface area contributed by atoms with Gasteiger partial charge in [0.05, 0.1) is 34.7 Å². The number of Topliss-reactive ketones (excluding diaryl/α,β-unsaturated/α-hetero) is 1.